The lowest BCUT2D eigenvalue weighted by Crippen LogP contribution is -2.44. The molecule has 0 aliphatic carbocycles. The van der Waals surface area contributed by atoms with E-state index in [4.69, 9.17) is 4.99 Å². The molecule has 3 aromatic carbocycles. The van der Waals surface area contributed by atoms with Crippen LogP contribution < -0.4 is 5.32 Å². The zero-order chi connectivity index (χ0) is 25.6. The molecule has 2 amide bonds. The summed E-state index contributed by atoms with van der Waals surface area (Å²) in [6, 6.07) is 25.9. The number of benzene rings is 3. The minimum absolute atomic E-state index is 0.0227. The van der Waals surface area contributed by atoms with Crippen molar-refractivity contribution in [2.24, 2.45) is 9.98 Å². The van der Waals surface area contributed by atoms with Crippen LogP contribution in [0.1, 0.15) is 34.3 Å². The number of carbonyl (C=O) groups excluding carboxylic acids is 3. The summed E-state index contributed by atoms with van der Waals surface area (Å²) in [5.74, 6) is 0.270. The van der Waals surface area contributed by atoms with Crippen LogP contribution in [0.2, 0.25) is 0 Å². The average Bonchev–Trinajstić information content (AvgIpc) is 3.27. The Labute approximate surface area is 219 Å². The molecule has 1 N–H and O–H groups in total. The number of aliphatic imine (C=N–C) groups is 2. The molecule has 0 aromatic heterocycles. The van der Waals surface area contributed by atoms with Gasteiger partial charge in [0.2, 0.25) is 5.91 Å². The monoisotopic (exact) mass is 510 g/mol. The highest BCUT2D eigenvalue weighted by atomic mass is 32.2. The van der Waals surface area contributed by atoms with Gasteiger partial charge >= 0.3 is 0 Å². The van der Waals surface area contributed by atoms with E-state index in [9.17, 15) is 14.4 Å². The van der Waals surface area contributed by atoms with Gasteiger partial charge in [0.05, 0.1) is 11.4 Å². The highest BCUT2D eigenvalue weighted by Crippen LogP contribution is 2.35. The summed E-state index contributed by atoms with van der Waals surface area (Å²) in [7, 11) is 0. The van der Waals surface area contributed by atoms with E-state index in [1.165, 1.54) is 11.8 Å². The van der Waals surface area contributed by atoms with Crippen LogP contribution in [-0.2, 0) is 16.0 Å². The number of amides is 2. The third-order valence-corrected chi connectivity index (χ3v) is 7.21. The largest absolute Gasteiger partial charge is 0.356 e. The van der Waals surface area contributed by atoms with E-state index in [1.807, 2.05) is 72.8 Å². The summed E-state index contributed by atoms with van der Waals surface area (Å²) in [5.41, 5.74) is 3.26. The number of ketones is 1. The second-order valence-electron chi connectivity index (χ2n) is 8.77. The van der Waals surface area contributed by atoms with Gasteiger partial charge in [-0.2, -0.15) is 4.99 Å². The fourth-order valence-corrected chi connectivity index (χ4v) is 5.30. The van der Waals surface area contributed by atoms with E-state index in [0.717, 1.165) is 17.5 Å². The molecule has 186 valence electrons. The second-order valence-corrected chi connectivity index (χ2v) is 9.72. The van der Waals surface area contributed by atoms with Gasteiger partial charge in [0.1, 0.15) is 11.9 Å². The topological polar surface area (TPSA) is 91.2 Å². The maximum atomic E-state index is 13.0. The molecule has 7 nitrogen and oxygen atoms in total. The Morgan fingerprint density at radius 1 is 0.892 bits per heavy atom. The molecule has 3 aromatic rings. The molecular weight excluding hydrogens is 484 g/mol. The Morgan fingerprint density at radius 3 is 2.38 bits per heavy atom. The average molecular weight is 511 g/mol. The third-order valence-electron chi connectivity index (χ3n) is 6.26. The van der Waals surface area contributed by atoms with Gasteiger partial charge in [-0.3, -0.25) is 19.3 Å². The minimum atomic E-state index is -0.638. The fourth-order valence-electron chi connectivity index (χ4n) is 4.36. The minimum Gasteiger partial charge on any atom is -0.356 e. The standard InChI is InChI=1S/C29H26N4O3S/c34-25(21-11-5-2-6-12-21)19-37-29-31-23-14-8-7-13-22(23)27-32-28(36)24(33(27)29)15-16-26(35)30-18-17-20-9-3-1-4-10-20/h1-14,24H,15-19H2,(H,30,35). The van der Waals surface area contributed by atoms with Gasteiger partial charge in [-0.25, -0.2) is 4.99 Å². The molecule has 0 radical (unpaired) electrons. The SMILES string of the molecule is O=C(CCC1C(=O)N=C2c3ccccc3N=C(SCC(=O)c3ccccc3)N21)NCCc1ccccc1. The summed E-state index contributed by atoms with van der Waals surface area (Å²) in [4.78, 5) is 49.2. The number of para-hydroxylation sites is 1. The van der Waals surface area contributed by atoms with Crippen LogP contribution in [0, 0.1) is 0 Å². The Kier molecular flexibility index (Phi) is 7.56. The summed E-state index contributed by atoms with van der Waals surface area (Å²) in [5, 5.41) is 3.48. The van der Waals surface area contributed by atoms with Crippen molar-refractivity contribution >= 4 is 46.1 Å². The highest BCUT2D eigenvalue weighted by Gasteiger charge is 2.41. The van der Waals surface area contributed by atoms with Crippen LogP contribution in [0.5, 0.6) is 0 Å². The summed E-state index contributed by atoms with van der Waals surface area (Å²) in [6.45, 7) is 0.532. The van der Waals surface area contributed by atoms with E-state index < -0.39 is 6.04 Å². The number of hydrogen-bond acceptors (Lipinski definition) is 6. The number of amidine groups is 2. The van der Waals surface area contributed by atoms with Crippen LogP contribution in [0.25, 0.3) is 0 Å². The number of nitrogens with zero attached hydrogens (tertiary/aromatic N) is 3. The molecule has 0 saturated heterocycles. The molecule has 1 atom stereocenters. The normalized spacial score (nSPS) is 15.9. The van der Waals surface area contributed by atoms with Crippen LogP contribution in [-0.4, -0.2) is 51.8 Å². The lowest BCUT2D eigenvalue weighted by atomic mass is 10.1. The molecule has 8 heteroatoms. The number of fused-ring (bicyclic) bond motifs is 3. The molecule has 0 bridgehead atoms. The summed E-state index contributed by atoms with van der Waals surface area (Å²) < 4.78 is 0. The molecular formula is C29H26N4O3S. The van der Waals surface area contributed by atoms with Crippen molar-refractivity contribution in [1.29, 1.82) is 0 Å². The van der Waals surface area contributed by atoms with E-state index >= 15 is 0 Å². The molecule has 0 spiro atoms. The zero-order valence-electron chi connectivity index (χ0n) is 20.2. The maximum Gasteiger partial charge on any atom is 0.270 e. The quantitative estimate of drug-likeness (QED) is 0.431. The number of rotatable bonds is 9. The van der Waals surface area contributed by atoms with Gasteiger partial charge in [0.25, 0.3) is 5.91 Å². The van der Waals surface area contributed by atoms with Gasteiger partial charge in [-0.1, -0.05) is 84.6 Å². The van der Waals surface area contributed by atoms with Gasteiger partial charge < -0.3 is 5.32 Å². The van der Waals surface area contributed by atoms with Crippen LogP contribution in [0.3, 0.4) is 0 Å². The third kappa shape index (κ3) is 5.70. The van der Waals surface area contributed by atoms with Crippen molar-refractivity contribution in [3.63, 3.8) is 0 Å². The molecule has 2 aliphatic heterocycles. The summed E-state index contributed by atoms with van der Waals surface area (Å²) in [6.07, 6.45) is 1.23. The van der Waals surface area contributed by atoms with E-state index in [2.05, 4.69) is 10.3 Å². The van der Waals surface area contributed by atoms with E-state index in [1.54, 1.807) is 17.0 Å². The zero-order valence-corrected chi connectivity index (χ0v) is 21.0. The van der Waals surface area contributed by atoms with Crippen molar-refractivity contribution in [3.05, 3.63) is 102 Å². The summed E-state index contributed by atoms with van der Waals surface area (Å²) >= 11 is 1.28. The molecule has 2 aliphatic rings. The first-order chi connectivity index (χ1) is 18.1. The van der Waals surface area contributed by atoms with Crippen LogP contribution >= 0.6 is 11.8 Å². The fraction of sp³-hybridized carbons (Fsp3) is 0.207. The number of thioether (sulfide) groups is 1. The van der Waals surface area contributed by atoms with Crippen molar-refractivity contribution in [3.8, 4) is 0 Å². The van der Waals surface area contributed by atoms with Gasteiger partial charge in [-0.15, -0.1) is 0 Å². The van der Waals surface area contributed by atoms with Gasteiger partial charge in [-0.05, 0) is 30.5 Å². The Balaban J connectivity index is 1.26. The van der Waals surface area contributed by atoms with E-state index in [-0.39, 0.29) is 29.8 Å². The van der Waals surface area contributed by atoms with Crippen LogP contribution in [0.4, 0.5) is 5.69 Å². The predicted octanol–water partition coefficient (Wildman–Crippen LogP) is 4.40. The molecule has 2 heterocycles. The Bertz CT molecular complexity index is 1370. The van der Waals surface area contributed by atoms with Crippen molar-refractivity contribution in [2.45, 2.75) is 25.3 Å². The van der Waals surface area contributed by atoms with Crippen molar-refractivity contribution < 1.29 is 14.4 Å². The first-order valence-electron chi connectivity index (χ1n) is 12.2. The second kappa shape index (κ2) is 11.3. The van der Waals surface area contributed by atoms with Crippen LogP contribution in [0.15, 0.2) is 94.9 Å². The lowest BCUT2D eigenvalue weighted by molar-refractivity contribution is -0.122. The number of hydrogen-bond donors (Lipinski definition) is 1. The van der Waals surface area contributed by atoms with Gasteiger partial charge in [0, 0.05) is 24.1 Å². The molecule has 0 fully saturated rings. The Hall–Kier alpha value is -4.04. The molecule has 5 rings (SSSR count). The number of Topliss-reactive ketones (excluding diaryl/α,β-unsaturated/α-hetero) is 1. The van der Waals surface area contributed by atoms with E-state index in [0.29, 0.717) is 35.2 Å². The maximum absolute atomic E-state index is 13.0. The molecule has 1 unspecified atom stereocenters. The van der Waals surface area contributed by atoms with Gasteiger partial charge in [0.15, 0.2) is 11.0 Å². The Morgan fingerprint density at radius 2 is 1.59 bits per heavy atom. The van der Waals surface area contributed by atoms with Crippen molar-refractivity contribution in [2.75, 3.05) is 12.3 Å². The first-order valence-corrected chi connectivity index (χ1v) is 13.2. The first kappa shape index (κ1) is 24.6. The predicted molar refractivity (Wildman–Crippen MR) is 146 cm³/mol. The smallest absolute Gasteiger partial charge is 0.270 e. The molecule has 37 heavy (non-hydrogen) atoms. The number of carbonyl (C=O) groups is 3. The highest BCUT2D eigenvalue weighted by molar-refractivity contribution is 8.14. The number of nitrogens with one attached hydrogen (secondary N) is 1. The lowest BCUT2D eigenvalue weighted by Gasteiger charge is -2.31. The molecule has 0 saturated carbocycles. The van der Waals surface area contributed by atoms with Crippen molar-refractivity contribution in [1.82, 2.24) is 10.2 Å².